The molecule has 8 nitrogen and oxygen atoms in total. The van der Waals surface area contributed by atoms with Crippen LogP contribution in [0.1, 0.15) is 30.9 Å². The minimum atomic E-state index is -0.338. The van der Waals surface area contributed by atoms with E-state index in [0.717, 1.165) is 29.7 Å². The van der Waals surface area contributed by atoms with Gasteiger partial charge in [0.05, 0.1) is 26.8 Å². The van der Waals surface area contributed by atoms with E-state index in [-0.39, 0.29) is 30.5 Å². The Morgan fingerprint density at radius 1 is 1.00 bits per heavy atom. The number of carbonyl (C=O) groups excluding carboxylic acids is 2. The van der Waals surface area contributed by atoms with Crippen molar-refractivity contribution in [1.29, 1.82) is 0 Å². The van der Waals surface area contributed by atoms with Gasteiger partial charge in [-0.2, -0.15) is 0 Å². The van der Waals surface area contributed by atoms with E-state index in [1.54, 1.807) is 14.2 Å². The quantitative estimate of drug-likeness (QED) is 0.586. The fourth-order valence-electron chi connectivity index (χ4n) is 4.16. The van der Waals surface area contributed by atoms with Gasteiger partial charge in [-0.15, -0.1) is 0 Å². The standard InChI is InChI=1S/C26H35N3O5/c1-17-8-6-9-18(2)24(17)28-23(30)16-27-26(31)19(3)29-14-12-20(13-15-29)34-25-21(32-4)10-7-11-22(25)33-5/h6-11,19-20H,12-16H2,1-5H3,(H,27,31)(H,28,30). The summed E-state index contributed by atoms with van der Waals surface area (Å²) in [6.45, 7) is 7.12. The van der Waals surface area contributed by atoms with Crippen molar-refractivity contribution in [3.8, 4) is 17.2 Å². The van der Waals surface area contributed by atoms with Gasteiger partial charge in [-0.05, 0) is 56.9 Å². The molecule has 1 atom stereocenters. The number of anilines is 1. The summed E-state index contributed by atoms with van der Waals surface area (Å²) in [7, 11) is 3.21. The van der Waals surface area contributed by atoms with E-state index in [1.807, 2.05) is 57.2 Å². The number of para-hydroxylation sites is 2. The molecule has 0 saturated carbocycles. The third-order valence-corrected chi connectivity index (χ3v) is 6.24. The number of aryl methyl sites for hydroxylation is 2. The molecule has 1 unspecified atom stereocenters. The molecule has 1 heterocycles. The predicted octanol–water partition coefficient (Wildman–Crippen LogP) is 3.31. The summed E-state index contributed by atoms with van der Waals surface area (Å²) < 4.78 is 17.0. The summed E-state index contributed by atoms with van der Waals surface area (Å²) in [4.78, 5) is 27.1. The number of hydrogen-bond acceptors (Lipinski definition) is 6. The van der Waals surface area contributed by atoms with Crippen molar-refractivity contribution < 1.29 is 23.8 Å². The maximum Gasteiger partial charge on any atom is 0.243 e. The number of hydrogen-bond donors (Lipinski definition) is 2. The van der Waals surface area contributed by atoms with Crippen LogP contribution in [0.2, 0.25) is 0 Å². The molecule has 0 bridgehead atoms. The van der Waals surface area contributed by atoms with Crippen LogP contribution < -0.4 is 24.8 Å². The van der Waals surface area contributed by atoms with Crippen LogP contribution in [0.25, 0.3) is 0 Å². The van der Waals surface area contributed by atoms with Crippen LogP contribution in [0.4, 0.5) is 5.69 Å². The molecule has 3 rings (SSSR count). The first-order chi connectivity index (χ1) is 16.3. The van der Waals surface area contributed by atoms with E-state index in [1.165, 1.54) is 0 Å². The van der Waals surface area contributed by atoms with E-state index in [9.17, 15) is 9.59 Å². The average molecular weight is 470 g/mol. The number of benzene rings is 2. The Labute approximate surface area is 201 Å². The van der Waals surface area contributed by atoms with Crippen LogP contribution in [0.3, 0.4) is 0 Å². The molecule has 184 valence electrons. The highest BCUT2D eigenvalue weighted by molar-refractivity contribution is 5.96. The Bertz CT molecular complexity index is 959. The van der Waals surface area contributed by atoms with E-state index < -0.39 is 0 Å². The lowest BCUT2D eigenvalue weighted by atomic mass is 10.1. The Morgan fingerprint density at radius 2 is 1.56 bits per heavy atom. The summed E-state index contributed by atoms with van der Waals surface area (Å²) >= 11 is 0. The Balaban J connectivity index is 1.47. The highest BCUT2D eigenvalue weighted by Gasteiger charge is 2.28. The molecule has 2 aromatic rings. The molecule has 1 aliphatic heterocycles. The summed E-state index contributed by atoms with van der Waals surface area (Å²) in [6.07, 6.45) is 1.54. The predicted molar refractivity (Wildman–Crippen MR) is 132 cm³/mol. The second-order valence-corrected chi connectivity index (χ2v) is 8.55. The van der Waals surface area contributed by atoms with Gasteiger partial charge in [0, 0.05) is 18.8 Å². The average Bonchev–Trinajstić information content (AvgIpc) is 2.85. The number of methoxy groups -OCH3 is 2. The summed E-state index contributed by atoms with van der Waals surface area (Å²) in [5.74, 6) is 1.47. The molecule has 2 amide bonds. The number of ether oxygens (including phenoxy) is 3. The number of carbonyl (C=O) groups is 2. The van der Waals surface area contributed by atoms with Crippen molar-refractivity contribution in [2.45, 2.75) is 45.8 Å². The fraction of sp³-hybridized carbons (Fsp3) is 0.462. The second kappa shape index (κ2) is 11.7. The molecule has 2 N–H and O–H groups in total. The van der Waals surface area contributed by atoms with Crippen LogP contribution >= 0.6 is 0 Å². The van der Waals surface area contributed by atoms with Crippen molar-refractivity contribution in [3.05, 3.63) is 47.5 Å². The van der Waals surface area contributed by atoms with E-state index in [2.05, 4.69) is 15.5 Å². The Hall–Kier alpha value is -3.26. The van der Waals surface area contributed by atoms with Gasteiger partial charge in [-0.1, -0.05) is 24.3 Å². The molecule has 0 radical (unpaired) electrons. The molecular weight excluding hydrogens is 434 g/mol. The number of piperidine rings is 1. The third-order valence-electron chi connectivity index (χ3n) is 6.24. The molecular formula is C26H35N3O5. The second-order valence-electron chi connectivity index (χ2n) is 8.55. The topological polar surface area (TPSA) is 89.1 Å². The first-order valence-electron chi connectivity index (χ1n) is 11.6. The lowest BCUT2D eigenvalue weighted by Gasteiger charge is -2.35. The van der Waals surface area contributed by atoms with Crippen molar-refractivity contribution in [2.24, 2.45) is 0 Å². The molecule has 0 aliphatic carbocycles. The maximum atomic E-state index is 12.7. The van der Waals surface area contributed by atoms with Crippen molar-refractivity contribution in [1.82, 2.24) is 10.2 Å². The number of likely N-dealkylation sites (tertiary alicyclic amines) is 1. The lowest BCUT2D eigenvalue weighted by molar-refractivity contribution is -0.128. The smallest absolute Gasteiger partial charge is 0.243 e. The monoisotopic (exact) mass is 469 g/mol. The largest absolute Gasteiger partial charge is 0.493 e. The van der Waals surface area contributed by atoms with Crippen LogP contribution in [-0.4, -0.2) is 62.7 Å². The highest BCUT2D eigenvalue weighted by atomic mass is 16.5. The van der Waals surface area contributed by atoms with Gasteiger partial charge in [-0.3, -0.25) is 14.5 Å². The van der Waals surface area contributed by atoms with Crippen LogP contribution in [0, 0.1) is 13.8 Å². The van der Waals surface area contributed by atoms with Gasteiger partial charge < -0.3 is 24.8 Å². The number of rotatable bonds is 9. The SMILES string of the molecule is COc1cccc(OC)c1OC1CCN(C(C)C(=O)NCC(=O)Nc2c(C)cccc2C)CC1. The molecule has 1 fully saturated rings. The lowest BCUT2D eigenvalue weighted by Crippen LogP contribution is -2.50. The van der Waals surface area contributed by atoms with Gasteiger partial charge in [-0.25, -0.2) is 0 Å². The fourth-order valence-corrected chi connectivity index (χ4v) is 4.16. The first kappa shape index (κ1) is 25.4. The van der Waals surface area contributed by atoms with E-state index in [4.69, 9.17) is 14.2 Å². The van der Waals surface area contributed by atoms with Gasteiger partial charge in [0.15, 0.2) is 11.5 Å². The van der Waals surface area contributed by atoms with Gasteiger partial charge in [0.1, 0.15) is 6.10 Å². The van der Waals surface area contributed by atoms with Crippen LogP contribution in [-0.2, 0) is 9.59 Å². The summed E-state index contributed by atoms with van der Waals surface area (Å²) in [6, 6.07) is 11.0. The molecule has 34 heavy (non-hydrogen) atoms. The zero-order chi connectivity index (χ0) is 24.7. The van der Waals surface area contributed by atoms with Crippen molar-refractivity contribution >= 4 is 17.5 Å². The number of nitrogens with one attached hydrogen (secondary N) is 2. The van der Waals surface area contributed by atoms with Gasteiger partial charge in [0.25, 0.3) is 0 Å². The maximum absolute atomic E-state index is 12.7. The number of nitrogens with zero attached hydrogens (tertiary/aromatic N) is 1. The highest BCUT2D eigenvalue weighted by Crippen LogP contribution is 2.38. The third kappa shape index (κ3) is 6.20. The minimum Gasteiger partial charge on any atom is -0.493 e. The van der Waals surface area contributed by atoms with Gasteiger partial charge >= 0.3 is 0 Å². The van der Waals surface area contributed by atoms with Gasteiger partial charge in [0.2, 0.25) is 17.6 Å². The van der Waals surface area contributed by atoms with Crippen LogP contribution in [0.15, 0.2) is 36.4 Å². The molecule has 2 aromatic carbocycles. The van der Waals surface area contributed by atoms with E-state index in [0.29, 0.717) is 30.3 Å². The van der Waals surface area contributed by atoms with E-state index >= 15 is 0 Å². The molecule has 0 aromatic heterocycles. The Kier molecular flexibility index (Phi) is 8.76. The Morgan fingerprint density at radius 3 is 2.12 bits per heavy atom. The van der Waals surface area contributed by atoms with Crippen LogP contribution in [0.5, 0.6) is 17.2 Å². The minimum absolute atomic E-state index is 0.000147. The molecule has 8 heteroatoms. The molecule has 1 saturated heterocycles. The first-order valence-corrected chi connectivity index (χ1v) is 11.6. The van der Waals surface area contributed by atoms with Crippen molar-refractivity contribution in [3.63, 3.8) is 0 Å². The van der Waals surface area contributed by atoms with Crippen molar-refractivity contribution in [2.75, 3.05) is 39.2 Å². The molecule has 0 spiro atoms. The normalized spacial score (nSPS) is 15.3. The summed E-state index contributed by atoms with van der Waals surface area (Å²) in [5.41, 5.74) is 2.77. The number of amides is 2. The zero-order valence-electron chi connectivity index (χ0n) is 20.6. The zero-order valence-corrected chi connectivity index (χ0v) is 20.6. The molecule has 1 aliphatic rings. The summed E-state index contributed by atoms with van der Waals surface area (Å²) in [5, 5.41) is 5.66.